The molecule has 1 heteroatoms. The summed E-state index contributed by atoms with van der Waals surface area (Å²) in [5.41, 5.74) is 0.501. The Morgan fingerprint density at radius 2 is 1.93 bits per heavy atom. The van der Waals surface area contributed by atoms with Crippen LogP contribution in [0.15, 0.2) is 0 Å². The van der Waals surface area contributed by atoms with E-state index in [1.54, 1.807) is 0 Å². The summed E-state index contributed by atoms with van der Waals surface area (Å²) in [5.74, 6) is 0.757. The van der Waals surface area contributed by atoms with Crippen LogP contribution in [0.3, 0.4) is 0 Å². The predicted octanol–water partition coefficient (Wildman–Crippen LogP) is 3.98. The molecule has 0 spiro atoms. The first kappa shape index (κ1) is 13.0. The van der Waals surface area contributed by atoms with E-state index in [-0.39, 0.29) is 0 Å². The Morgan fingerprint density at radius 3 is 2.40 bits per heavy atom. The number of hydrogen-bond acceptors (Lipinski definition) is 1. The van der Waals surface area contributed by atoms with Gasteiger partial charge < -0.3 is 5.32 Å². The van der Waals surface area contributed by atoms with Crippen molar-refractivity contribution in [2.75, 3.05) is 0 Å². The van der Waals surface area contributed by atoms with Gasteiger partial charge in [-0.15, -0.1) is 0 Å². The summed E-state index contributed by atoms with van der Waals surface area (Å²) in [5, 5.41) is 3.90. The molecule has 15 heavy (non-hydrogen) atoms. The first-order valence-corrected chi connectivity index (χ1v) is 6.73. The predicted molar refractivity (Wildman–Crippen MR) is 68.1 cm³/mol. The van der Waals surface area contributed by atoms with Crippen LogP contribution in [-0.4, -0.2) is 12.1 Å². The topological polar surface area (TPSA) is 12.0 Å². The Balaban J connectivity index is 2.54. The van der Waals surface area contributed by atoms with E-state index in [0.29, 0.717) is 11.5 Å². The van der Waals surface area contributed by atoms with E-state index in [0.717, 1.165) is 12.0 Å². The molecule has 1 nitrogen and oxygen atoms in total. The fraction of sp³-hybridized carbons (Fsp3) is 1.00. The van der Waals surface area contributed by atoms with Crippen LogP contribution in [0.1, 0.15) is 66.7 Å². The highest BCUT2D eigenvalue weighted by Crippen LogP contribution is 2.36. The zero-order valence-electron chi connectivity index (χ0n) is 11.3. The molecule has 1 rings (SSSR count). The molecule has 1 saturated carbocycles. The fourth-order valence-corrected chi connectivity index (χ4v) is 2.84. The zero-order valence-corrected chi connectivity index (χ0v) is 11.3. The molecular weight excluding hydrogens is 182 g/mol. The Kier molecular flexibility index (Phi) is 4.64. The van der Waals surface area contributed by atoms with Crippen molar-refractivity contribution in [2.24, 2.45) is 11.3 Å². The second-order valence-electron chi connectivity index (χ2n) is 6.21. The number of hydrogen-bond donors (Lipinski definition) is 1. The van der Waals surface area contributed by atoms with Crippen LogP contribution >= 0.6 is 0 Å². The molecule has 0 aromatic heterocycles. The quantitative estimate of drug-likeness (QED) is 0.741. The lowest BCUT2D eigenvalue weighted by Gasteiger charge is -2.42. The Labute approximate surface area is 96.0 Å². The van der Waals surface area contributed by atoms with Crippen molar-refractivity contribution >= 4 is 0 Å². The van der Waals surface area contributed by atoms with Gasteiger partial charge in [-0.3, -0.25) is 0 Å². The van der Waals surface area contributed by atoms with Crippen molar-refractivity contribution in [3.8, 4) is 0 Å². The van der Waals surface area contributed by atoms with Crippen LogP contribution in [0.4, 0.5) is 0 Å². The molecule has 1 aliphatic carbocycles. The van der Waals surface area contributed by atoms with Crippen LogP contribution < -0.4 is 5.32 Å². The smallest absolute Gasteiger partial charge is 0.0121 e. The lowest BCUT2D eigenvalue weighted by Crippen LogP contribution is -2.50. The lowest BCUT2D eigenvalue weighted by molar-refractivity contribution is 0.144. The third-order valence-electron chi connectivity index (χ3n) is 4.17. The van der Waals surface area contributed by atoms with Gasteiger partial charge >= 0.3 is 0 Å². The average Bonchev–Trinajstić information content (AvgIpc) is 2.15. The molecule has 0 radical (unpaired) electrons. The summed E-state index contributed by atoms with van der Waals surface area (Å²) < 4.78 is 0. The summed E-state index contributed by atoms with van der Waals surface area (Å²) >= 11 is 0. The molecule has 0 bridgehead atoms. The van der Waals surface area contributed by atoms with Crippen LogP contribution in [0, 0.1) is 11.3 Å². The first-order valence-electron chi connectivity index (χ1n) is 6.73. The Hall–Kier alpha value is -0.0400. The van der Waals surface area contributed by atoms with E-state index in [2.05, 4.69) is 39.9 Å². The number of nitrogens with one attached hydrogen (secondary N) is 1. The molecule has 2 atom stereocenters. The molecule has 0 saturated heterocycles. The van der Waals surface area contributed by atoms with Crippen molar-refractivity contribution in [3.05, 3.63) is 0 Å². The van der Waals surface area contributed by atoms with Gasteiger partial charge in [-0.25, -0.2) is 0 Å². The maximum absolute atomic E-state index is 3.90. The molecule has 1 N–H and O–H groups in total. The van der Waals surface area contributed by atoms with Crippen molar-refractivity contribution < 1.29 is 0 Å². The number of rotatable bonds is 4. The molecule has 1 fully saturated rings. The van der Waals surface area contributed by atoms with E-state index in [4.69, 9.17) is 0 Å². The van der Waals surface area contributed by atoms with E-state index in [9.17, 15) is 0 Å². The van der Waals surface area contributed by atoms with E-state index in [1.807, 2.05) is 0 Å². The molecular formula is C14H29N. The normalized spacial score (nSPS) is 28.0. The third kappa shape index (κ3) is 3.48. The minimum atomic E-state index is 0.501. The van der Waals surface area contributed by atoms with Gasteiger partial charge in [-0.2, -0.15) is 0 Å². The van der Waals surface area contributed by atoms with Gasteiger partial charge in [-0.05, 0) is 30.6 Å². The van der Waals surface area contributed by atoms with Crippen molar-refractivity contribution in [2.45, 2.75) is 78.8 Å². The molecule has 0 aromatic rings. The maximum atomic E-state index is 3.90. The maximum Gasteiger partial charge on any atom is 0.0121 e. The van der Waals surface area contributed by atoms with Crippen molar-refractivity contribution in [1.82, 2.24) is 5.32 Å². The minimum Gasteiger partial charge on any atom is -0.310 e. The third-order valence-corrected chi connectivity index (χ3v) is 4.17. The highest BCUT2D eigenvalue weighted by atomic mass is 15.0. The van der Waals surface area contributed by atoms with Crippen LogP contribution in [0.5, 0.6) is 0 Å². The highest BCUT2D eigenvalue weighted by molar-refractivity contribution is 4.90. The summed E-state index contributed by atoms with van der Waals surface area (Å²) in [6.45, 7) is 11.8. The second kappa shape index (κ2) is 5.34. The summed E-state index contributed by atoms with van der Waals surface area (Å²) in [4.78, 5) is 0. The molecule has 90 valence electrons. The van der Waals surface area contributed by atoms with E-state index >= 15 is 0 Å². The van der Waals surface area contributed by atoms with Gasteiger partial charge in [0.05, 0.1) is 0 Å². The second-order valence-corrected chi connectivity index (χ2v) is 6.21. The van der Waals surface area contributed by atoms with Gasteiger partial charge in [-0.1, -0.05) is 47.5 Å². The minimum absolute atomic E-state index is 0.501. The zero-order chi connectivity index (χ0) is 11.5. The largest absolute Gasteiger partial charge is 0.310 e. The summed E-state index contributed by atoms with van der Waals surface area (Å²) in [7, 11) is 0. The molecule has 0 aliphatic heterocycles. The van der Waals surface area contributed by atoms with Crippen LogP contribution in [0.25, 0.3) is 0 Å². The van der Waals surface area contributed by atoms with Gasteiger partial charge in [0.1, 0.15) is 0 Å². The van der Waals surface area contributed by atoms with Crippen LogP contribution in [-0.2, 0) is 0 Å². The van der Waals surface area contributed by atoms with Crippen molar-refractivity contribution in [3.63, 3.8) is 0 Å². The van der Waals surface area contributed by atoms with Crippen LogP contribution in [0.2, 0.25) is 0 Å². The summed E-state index contributed by atoms with van der Waals surface area (Å²) in [6.07, 6.45) is 6.85. The monoisotopic (exact) mass is 211 g/mol. The van der Waals surface area contributed by atoms with Gasteiger partial charge in [0.15, 0.2) is 0 Å². The molecule has 0 aromatic carbocycles. The Morgan fingerprint density at radius 1 is 1.27 bits per heavy atom. The fourth-order valence-electron chi connectivity index (χ4n) is 2.84. The Bertz CT molecular complexity index is 184. The van der Waals surface area contributed by atoms with Gasteiger partial charge in [0, 0.05) is 12.1 Å². The van der Waals surface area contributed by atoms with Gasteiger partial charge in [0.25, 0.3) is 0 Å². The summed E-state index contributed by atoms with van der Waals surface area (Å²) in [6, 6.07) is 1.44. The first-order chi connectivity index (χ1) is 6.97. The molecule has 0 amide bonds. The molecule has 0 heterocycles. The van der Waals surface area contributed by atoms with Crippen molar-refractivity contribution in [1.29, 1.82) is 0 Å². The SMILES string of the molecule is CCC(NC1CCCCC1(C)C)C(C)C. The molecule has 1 aliphatic rings. The highest BCUT2D eigenvalue weighted by Gasteiger charge is 2.33. The average molecular weight is 211 g/mol. The standard InChI is InChI=1S/C14H29N/c1-6-12(11(2)3)15-13-9-7-8-10-14(13,4)5/h11-13,15H,6-10H2,1-5H3. The molecule has 2 unspecified atom stereocenters. The van der Waals surface area contributed by atoms with E-state index in [1.165, 1.54) is 32.1 Å². The van der Waals surface area contributed by atoms with Gasteiger partial charge in [0.2, 0.25) is 0 Å². The van der Waals surface area contributed by atoms with E-state index < -0.39 is 0 Å². The lowest BCUT2D eigenvalue weighted by atomic mass is 9.73.